The highest BCUT2D eigenvalue weighted by molar-refractivity contribution is 9.10. The highest BCUT2D eigenvalue weighted by Crippen LogP contribution is 2.25. The van der Waals surface area contributed by atoms with Crippen molar-refractivity contribution in [3.63, 3.8) is 0 Å². The van der Waals surface area contributed by atoms with Crippen LogP contribution in [0.15, 0.2) is 20.0 Å². The van der Waals surface area contributed by atoms with E-state index in [0.29, 0.717) is 6.42 Å². The van der Waals surface area contributed by atoms with Crippen LogP contribution in [0.5, 0.6) is 0 Å². The zero-order valence-corrected chi connectivity index (χ0v) is 10.8. The molecular weight excluding hydrogens is 302 g/mol. The molecule has 0 amide bonds. The first-order valence-electron chi connectivity index (χ1n) is 4.40. The van der Waals surface area contributed by atoms with Gasteiger partial charge in [-0.3, -0.25) is 0 Å². The van der Waals surface area contributed by atoms with Gasteiger partial charge in [-0.1, -0.05) is 6.92 Å². The van der Waals surface area contributed by atoms with Gasteiger partial charge in [-0.05, 0) is 22.4 Å². The van der Waals surface area contributed by atoms with Crippen molar-refractivity contribution in [1.29, 1.82) is 0 Å². The third kappa shape index (κ3) is 2.83. The summed E-state index contributed by atoms with van der Waals surface area (Å²) in [7, 11) is -3.72. The van der Waals surface area contributed by atoms with Gasteiger partial charge in [0.25, 0.3) is 0 Å². The molecule has 8 heteroatoms. The second-order valence-electron chi connectivity index (χ2n) is 2.95. The summed E-state index contributed by atoms with van der Waals surface area (Å²) in [6, 6.07) is 0.963. The molecule has 0 fully saturated rings. The van der Waals surface area contributed by atoms with Gasteiger partial charge in [-0.25, -0.2) is 17.9 Å². The summed E-state index contributed by atoms with van der Waals surface area (Å²) in [5.74, 6) is -1.75. The van der Waals surface area contributed by atoms with Crippen LogP contribution in [-0.2, 0) is 10.0 Å². The molecule has 0 spiro atoms. The maximum atomic E-state index is 11.7. The number of halogens is 1. The molecule has 0 unspecified atom stereocenters. The highest BCUT2D eigenvalue weighted by atomic mass is 79.9. The lowest BCUT2D eigenvalue weighted by Gasteiger charge is -2.02. The van der Waals surface area contributed by atoms with Gasteiger partial charge in [0.1, 0.15) is 4.90 Å². The van der Waals surface area contributed by atoms with Crippen molar-refractivity contribution in [3.05, 3.63) is 16.5 Å². The Morgan fingerprint density at radius 2 is 2.25 bits per heavy atom. The van der Waals surface area contributed by atoms with Gasteiger partial charge in [-0.15, -0.1) is 0 Å². The molecule has 0 aliphatic rings. The predicted molar refractivity (Wildman–Crippen MR) is 58.8 cm³/mol. The van der Waals surface area contributed by atoms with Crippen molar-refractivity contribution in [2.45, 2.75) is 18.2 Å². The van der Waals surface area contributed by atoms with E-state index in [4.69, 9.17) is 9.52 Å². The number of carbonyl (C=O) groups is 1. The number of furan rings is 1. The van der Waals surface area contributed by atoms with E-state index < -0.39 is 21.8 Å². The maximum Gasteiger partial charge on any atom is 0.371 e. The Hall–Kier alpha value is -0.860. The SMILES string of the molecule is CCCNS(=O)(=O)c1cc(C(=O)O)oc1Br. The number of hydrogen-bond acceptors (Lipinski definition) is 4. The van der Waals surface area contributed by atoms with E-state index in [1.54, 1.807) is 0 Å². The van der Waals surface area contributed by atoms with Gasteiger partial charge in [-0.2, -0.15) is 0 Å². The average Bonchev–Trinajstić information content (AvgIpc) is 2.58. The van der Waals surface area contributed by atoms with Crippen LogP contribution in [0.1, 0.15) is 23.9 Å². The number of nitrogens with one attached hydrogen (secondary N) is 1. The van der Waals surface area contributed by atoms with Crippen LogP contribution in [-0.4, -0.2) is 26.0 Å². The van der Waals surface area contributed by atoms with Crippen LogP contribution in [0.3, 0.4) is 0 Å². The van der Waals surface area contributed by atoms with E-state index in [0.717, 1.165) is 6.07 Å². The molecule has 90 valence electrons. The fraction of sp³-hybridized carbons (Fsp3) is 0.375. The first-order valence-corrected chi connectivity index (χ1v) is 6.68. The van der Waals surface area contributed by atoms with Crippen molar-refractivity contribution < 1.29 is 22.7 Å². The zero-order valence-electron chi connectivity index (χ0n) is 8.36. The second-order valence-corrected chi connectivity index (χ2v) is 5.41. The van der Waals surface area contributed by atoms with Crippen LogP contribution in [0, 0.1) is 0 Å². The van der Waals surface area contributed by atoms with Crippen molar-refractivity contribution in [2.24, 2.45) is 0 Å². The lowest BCUT2D eigenvalue weighted by Crippen LogP contribution is -2.24. The number of hydrogen-bond donors (Lipinski definition) is 2. The number of aromatic carboxylic acids is 1. The number of carboxylic acids is 1. The summed E-state index contributed by atoms with van der Waals surface area (Å²) in [5.41, 5.74) is 0. The van der Waals surface area contributed by atoms with E-state index >= 15 is 0 Å². The smallest absolute Gasteiger partial charge is 0.371 e. The maximum absolute atomic E-state index is 11.7. The Morgan fingerprint density at radius 1 is 1.62 bits per heavy atom. The molecular formula is C8H10BrNO5S. The van der Waals surface area contributed by atoms with Crippen LogP contribution < -0.4 is 4.72 Å². The van der Waals surface area contributed by atoms with E-state index in [1.165, 1.54) is 0 Å². The molecule has 0 aliphatic heterocycles. The average molecular weight is 312 g/mol. The molecule has 16 heavy (non-hydrogen) atoms. The number of carboxylic acid groups (broad SMARTS) is 1. The first kappa shape index (κ1) is 13.2. The van der Waals surface area contributed by atoms with Gasteiger partial charge in [0.05, 0.1) is 0 Å². The van der Waals surface area contributed by atoms with E-state index in [1.807, 2.05) is 6.92 Å². The normalized spacial score (nSPS) is 11.6. The Bertz CT molecular complexity index is 493. The second kappa shape index (κ2) is 4.98. The van der Waals surface area contributed by atoms with Gasteiger partial charge in [0.2, 0.25) is 15.8 Å². The molecule has 1 rings (SSSR count). The van der Waals surface area contributed by atoms with Crippen molar-refractivity contribution in [3.8, 4) is 0 Å². The van der Waals surface area contributed by atoms with Gasteiger partial charge in [0, 0.05) is 12.6 Å². The molecule has 1 aromatic rings. The summed E-state index contributed by atoms with van der Waals surface area (Å²) < 4.78 is 30.2. The molecule has 1 aromatic heterocycles. The summed E-state index contributed by atoms with van der Waals surface area (Å²) in [4.78, 5) is 10.4. The summed E-state index contributed by atoms with van der Waals surface area (Å²) in [5, 5.41) is 8.63. The Morgan fingerprint density at radius 3 is 2.69 bits per heavy atom. The molecule has 0 saturated heterocycles. The zero-order chi connectivity index (χ0) is 12.3. The molecule has 2 N–H and O–H groups in total. The Labute approximate surface area is 101 Å². The lowest BCUT2D eigenvalue weighted by atomic mass is 10.5. The Balaban J connectivity index is 3.08. The summed E-state index contributed by atoms with van der Waals surface area (Å²) in [6.07, 6.45) is 0.639. The molecule has 0 radical (unpaired) electrons. The predicted octanol–water partition coefficient (Wildman–Crippen LogP) is 1.43. The minimum atomic E-state index is -3.72. The minimum absolute atomic E-state index is 0.117. The Kier molecular flexibility index (Phi) is 4.11. The van der Waals surface area contributed by atoms with Crippen molar-refractivity contribution in [2.75, 3.05) is 6.54 Å². The largest absolute Gasteiger partial charge is 0.475 e. The lowest BCUT2D eigenvalue weighted by molar-refractivity contribution is 0.0661. The standard InChI is InChI=1S/C8H10BrNO5S/c1-2-3-10-16(13,14)6-4-5(8(11)12)15-7(6)9/h4,10H,2-3H2,1H3,(H,11,12). The third-order valence-electron chi connectivity index (χ3n) is 1.70. The summed E-state index contributed by atoms with van der Waals surface area (Å²) >= 11 is 2.86. The van der Waals surface area contributed by atoms with E-state index in [-0.39, 0.29) is 16.1 Å². The van der Waals surface area contributed by atoms with Crippen molar-refractivity contribution >= 4 is 31.9 Å². The van der Waals surface area contributed by atoms with Crippen LogP contribution in [0.25, 0.3) is 0 Å². The third-order valence-corrected chi connectivity index (χ3v) is 4.02. The minimum Gasteiger partial charge on any atom is -0.475 e. The molecule has 1 heterocycles. The molecule has 0 saturated carbocycles. The van der Waals surface area contributed by atoms with Crippen LogP contribution in [0.2, 0.25) is 0 Å². The van der Waals surface area contributed by atoms with Crippen LogP contribution in [0.4, 0.5) is 0 Å². The van der Waals surface area contributed by atoms with Gasteiger partial charge < -0.3 is 9.52 Å². The van der Waals surface area contributed by atoms with Gasteiger partial charge in [0.15, 0.2) is 4.67 Å². The molecule has 0 atom stereocenters. The number of sulfonamides is 1. The fourth-order valence-corrected chi connectivity index (χ4v) is 3.03. The molecule has 0 aliphatic carbocycles. The topological polar surface area (TPSA) is 96.6 Å². The van der Waals surface area contributed by atoms with Crippen molar-refractivity contribution in [1.82, 2.24) is 4.72 Å². The fourth-order valence-electron chi connectivity index (χ4n) is 0.955. The summed E-state index contributed by atoms with van der Waals surface area (Å²) in [6.45, 7) is 2.10. The highest BCUT2D eigenvalue weighted by Gasteiger charge is 2.24. The first-order chi connectivity index (χ1) is 7.38. The molecule has 6 nitrogen and oxygen atoms in total. The van der Waals surface area contributed by atoms with E-state index in [9.17, 15) is 13.2 Å². The number of rotatable bonds is 5. The quantitative estimate of drug-likeness (QED) is 0.857. The van der Waals surface area contributed by atoms with E-state index in [2.05, 4.69) is 20.7 Å². The van der Waals surface area contributed by atoms with Crippen LogP contribution >= 0.6 is 15.9 Å². The monoisotopic (exact) mass is 311 g/mol. The van der Waals surface area contributed by atoms with Gasteiger partial charge >= 0.3 is 5.97 Å². The molecule has 0 aromatic carbocycles. The molecule has 0 bridgehead atoms.